The Morgan fingerprint density at radius 2 is 1.41 bits per heavy atom. The van der Waals surface area contributed by atoms with E-state index >= 15 is 0 Å². The number of carbonyl (C=O) groups is 2. The van der Waals surface area contributed by atoms with Gasteiger partial charge in [0.05, 0.1) is 18.9 Å². The summed E-state index contributed by atoms with van der Waals surface area (Å²) >= 11 is 0. The molecule has 2 aromatic carbocycles. The Labute approximate surface area is 156 Å². The zero-order chi connectivity index (χ0) is 19.6. The van der Waals surface area contributed by atoms with Crippen molar-refractivity contribution in [3.8, 4) is 0 Å². The summed E-state index contributed by atoms with van der Waals surface area (Å²) in [6.45, 7) is 2.94. The van der Waals surface area contributed by atoms with Gasteiger partial charge in [-0.05, 0) is 31.0 Å². The first-order valence-electron chi connectivity index (χ1n) is 8.61. The van der Waals surface area contributed by atoms with Gasteiger partial charge in [-0.1, -0.05) is 24.3 Å². The minimum absolute atomic E-state index is 0.0310. The van der Waals surface area contributed by atoms with E-state index in [2.05, 4.69) is 0 Å². The van der Waals surface area contributed by atoms with Gasteiger partial charge in [-0.15, -0.1) is 5.23 Å². The number of aliphatic hydroxyl groups excluding tert-OH is 2. The van der Waals surface area contributed by atoms with Crippen molar-refractivity contribution in [1.82, 2.24) is 0 Å². The number of benzene rings is 2. The van der Waals surface area contributed by atoms with Crippen LogP contribution in [0.5, 0.6) is 0 Å². The Balaban J connectivity index is 2.14. The minimum atomic E-state index is -0.230. The van der Waals surface area contributed by atoms with Crippen LogP contribution in [-0.2, 0) is 9.68 Å². The van der Waals surface area contributed by atoms with Gasteiger partial charge in [0, 0.05) is 22.3 Å². The van der Waals surface area contributed by atoms with Crippen LogP contribution in [-0.4, -0.2) is 48.2 Å². The Bertz CT molecular complexity index is 884. The minimum Gasteiger partial charge on any atom is -0.394 e. The fourth-order valence-corrected chi connectivity index (χ4v) is 3.24. The van der Waals surface area contributed by atoms with Crippen molar-refractivity contribution in [2.24, 2.45) is 0 Å². The first kappa shape index (κ1) is 19.2. The Morgan fingerprint density at radius 1 is 0.889 bits per heavy atom. The maximum absolute atomic E-state index is 13.1. The average Bonchev–Trinajstić information content (AvgIpc) is 2.68. The lowest BCUT2D eigenvalue weighted by Crippen LogP contribution is -2.30. The lowest BCUT2D eigenvalue weighted by Gasteiger charge is -2.28. The molecule has 7 nitrogen and oxygen atoms in total. The molecular weight excluding hydrogens is 350 g/mol. The summed E-state index contributed by atoms with van der Waals surface area (Å²) in [4.78, 5) is 36.8. The molecular formula is C20H21NO6. The van der Waals surface area contributed by atoms with Crippen LogP contribution >= 0.6 is 0 Å². The lowest BCUT2D eigenvalue weighted by atomic mass is 9.79. The molecule has 0 heterocycles. The van der Waals surface area contributed by atoms with E-state index < -0.39 is 0 Å². The molecule has 142 valence electrons. The monoisotopic (exact) mass is 371 g/mol. The van der Waals surface area contributed by atoms with E-state index in [1.807, 2.05) is 0 Å². The fraction of sp³-hybridized carbons (Fsp3) is 0.300. The fourth-order valence-electron chi connectivity index (χ4n) is 3.24. The van der Waals surface area contributed by atoms with Crippen LogP contribution in [0, 0.1) is 13.8 Å². The van der Waals surface area contributed by atoms with Crippen molar-refractivity contribution in [2.75, 3.05) is 31.7 Å². The molecule has 0 atom stereocenters. The molecule has 0 saturated heterocycles. The predicted octanol–water partition coefficient (Wildman–Crippen LogP) is 1.73. The molecule has 0 unspecified atom stereocenters. The zero-order valence-electron chi connectivity index (χ0n) is 15.2. The van der Waals surface area contributed by atoms with Crippen LogP contribution in [0.2, 0.25) is 0 Å². The number of rotatable bonds is 7. The number of anilines is 1. The molecule has 0 aromatic heterocycles. The number of ketones is 2. The quantitative estimate of drug-likeness (QED) is 0.611. The van der Waals surface area contributed by atoms with Crippen molar-refractivity contribution in [2.45, 2.75) is 13.8 Å². The first-order valence-corrected chi connectivity index (χ1v) is 8.61. The van der Waals surface area contributed by atoms with Crippen LogP contribution in [0.3, 0.4) is 0 Å². The third-order valence-corrected chi connectivity index (χ3v) is 4.42. The van der Waals surface area contributed by atoms with E-state index in [4.69, 9.17) is 19.9 Å². The van der Waals surface area contributed by atoms with Crippen LogP contribution in [0.1, 0.15) is 43.0 Å². The van der Waals surface area contributed by atoms with Crippen LogP contribution < -0.4 is 5.23 Å². The molecule has 0 aliphatic heterocycles. The molecule has 0 fully saturated rings. The Hall–Kier alpha value is -2.58. The van der Waals surface area contributed by atoms with Crippen LogP contribution in [0.25, 0.3) is 0 Å². The third-order valence-electron chi connectivity index (χ3n) is 4.42. The van der Waals surface area contributed by atoms with Gasteiger partial charge in [-0.3, -0.25) is 9.59 Å². The lowest BCUT2D eigenvalue weighted by molar-refractivity contribution is -0.103. The standard InChI is InChI=1S/C20H21NO6/c1-12-11-16(21(26-9-7-22)27-10-8-23)13(2)18-17(12)19(24)14-5-3-4-6-15(14)20(18)25/h3-6,11,22-23H,7-10H2,1-2H3. The Morgan fingerprint density at radius 3 is 1.93 bits per heavy atom. The summed E-state index contributed by atoms with van der Waals surface area (Å²) < 4.78 is 0. The highest BCUT2D eigenvalue weighted by Crippen LogP contribution is 2.36. The van der Waals surface area contributed by atoms with Gasteiger partial charge in [0.15, 0.2) is 11.6 Å². The maximum atomic E-state index is 13.1. The average molecular weight is 371 g/mol. The second-order valence-electron chi connectivity index (χ2n) is 6.16. The van der Waals surface area contributed by atoms with Crippen molar-refractivity contribution >= 4 is 17.3 Å². The molecule has 2 N–H and O–H groups in total. The molecule has 0 spiro atoms. The summed E-state index contributed by atoms with van der Waals surface area (Å²) in [5.41, 5.74) is 3.05. The second kappa shape index (κ2) is 7.98. The van der Waals surface area contributed by atoms with Crippen molar-refractivity contribution < 1.29 is 29.5 Å². The van der Waals surface area contributed by atoms with Gasteiger partial charge in [0.25, 0.3) is 0 Å². The van der Waals surface area contributed by atoms with Crippen LogP contribution in [0.4, 0.5) is 5.69 Å². The molecule has 0 saturated carbocycles. The van der Waals surface area contributed by atoms with Gasteiger partial charge in [0.1, 0.15) is 13.2 Å². The highest BCUT2D eigenvalue weighted by atomic mass is 16.9. The number of aliphatic hydroxyl groups is 2. The van der Waals surface area contributed by atoms with E-state index in [0.717, 1.165) is 5.23 Å². The molecule has 1 aliphatic rings. The van der Waals surface area contributed by atoms with E-state index in [1.54, 1.807) is 44.2 Å². The van der Waals surface area contributed by atoms with Crippen molar-refractivity contribution in [3.05, 3.63) is 63.7 Å². The zero-order valence-corrected chi connectivity index (χ0v) is 15.2. The predicted molar refractivity (Wildman–Crippen MR) is 97.8 cm³/mol. The van der Waals surface area contributed by atoms with Gasteiger partial charge in [0.2, 0.25) is 0 Å². The summed E-state index contributed by atoms with van der Waals surface area (Å²) in [5, 5.41) is 19.1. The van der Waals surface area contributed by atoms with Gasteiger partial charge < -0.3 is 10.2 Å². The van der Waals surface area contributed by atoms with Gasteiger partial charge in [-0.2, -0.15) is 0 Å². The molecule has 2 aromatic rings. The summed E-state index contributed by atoms with van der Waals surface area (Å²) in [5.74, 6) is -0.418. The van der Waals surface area contributed by atoms with Crippen molar-refractivity contribution in [3.63, 3.8) is 0 Å². The third kappa shape index (κ3) is 3.38. The number of fused-ring (bicyclic) bond motifs is 2. The molecule has 7 heteroatoms. The summed E-state index contributed by atoms with van der Waals surface area (Å²) in [6, 6.07) is 8.45. The largest absolute Gasteiger partial charge is 0.394 e. The van der Waals surface area contributed by atoms with Gasteiger partial charge >= 0.3 is 0 Å². The molecule has 3 rings (SSSR count). The molecule has 0 radical (unpaired) electrons. The molecule has 27 heavy (non-hydrogen) atoms. The summed E-state index contributed by atoms with van der Waals surface area (Å²) in [6.07, 6.45) is 0. The van der Waals surface area contributed by atoms with Crippen LogP contribution in [0.15, 0.2) is 30.3 Å². The summed E-state index contributed by atoms with van der Waals surface area (Å²) in [7, 11) is 0. The SMILES string of the molecule is Cc1cc(N(OCCO)OCCO)c(C)c2c1C(=O)c1ccccc1C2=O. The van der Waals surface area contributed by atoms with E-state index in [9.17, 15) is 9.59 Å². The number of hydrogen-bond donors (Lipinski definition) is 2. The first-order chi connectivity index (χ1) is 13.0. The van der Waals surface area contributed by atoms with Crippen molar-refractivity contribution in [1.29, 1.82) is 0 Å². The highest BCUT2D eigenvalue weighted by Gasteiger charge is 2.34. The van der Waals surface area contributed by atoms with E-state index in [0.29, 0.717) is 39.1 Å². The highest BCUT2D eigenvalue weighted by molar-refractivity contribution is 6.29. The maximum Gasteiger partial charge on any atom is 0.194 e. The van der Waals surface area contributed by atoms with Gasteiger partial charge in [-0.25, -0.2) is 9.68 Å². The number of nitrogens with zero attached hydrogens (tertiary/aromatic N) is 1. The normalized spacial score (nSPS) is 12.7. The molecule has 1 aliphatic carbocycles. The number of carbonyl (C=O) groups excluding carboxylic acids is 2. The number of aryl methyl sites for hydroxylation is 1. The molecule has 0 bridgehead atoms. The molecule has 0 amide bonds. The van der Waals surface area contributed by atoms with E-state index in [1.165, 1.54) is 0 Å². The van der Waals surface area contributed by atoms with E-state index in [-0.39, 0.29) is 38.0 Å². The second-order valence-corrected chi connectivity index (χ2v) is 6.16. The number of hydrogen-bond acceptors (Lipinski definition) is 7. The Kier molecular flexibility index (Phi) is 5.67. The smallest absolute Gasteiger partial charge is 0.194 e. The topological polar surface area (TPSA) is 96.3 Å².